The van der Waals surface area contributed by atoms with E-state index in [1.54, 1.807) is 23.1 Å². The predicted molar refractivity (Wildman–Crippen MR) is 123 cm³/mol. The zero-order valence-corrected chi connectivity index (χ0v) is 18.5. The Labute approximate surface area is 191 Å². The highest BCUT2D eigenvalue weighted by Crippen LogP contribution is 2.40. The van der Waals surface area contributed by atoms with E-state index >= 15 is 0 Å². The van der Waals surface area contributed by atoms with Crippen molar-refractivity contribution in [1.29, 1.82) is 0 Å². The third kappa shape index (κ3) is 3.70. The first kappa shape index (κ1) is 20.4. The number of aromatic nitrogens is 3. The van der Waals surface area contributed by atoms with Gasteiger partial charge in [0.05, 0.1) is 18.5 Å². The van der Waals surface area contributed by atoms with Crippen LogP contribution in [0.4, 0.5) is 20.7 Å². The molecule has 3 aliphatic rings. The summed E-state index contributed by atoms with van der Waals surface area (Å²) >= 11 is 0. The van der Waals surface area contributed by atoms with Crippen LogP contribution in [0.15, 0.2) is 36.7 Å². The van der Waals surface area contributed by atoms with E-state index in [9.17, 15) is 9.18 Å². The van der Waals surface area contributed by atoms with Crippen LogP contribution >= 0.6 is 0 Å². The Bertz CT molecular complexity index is 1200. The van der Waals surface area contributed by atoms with Crippen LogP contribution in [0.25, 0.3) is 17.0 Å². The Morgan fingerprint density at radius 2 is 2.03 bits per heavy atom. The third-order valence-electron chi connectivity index (χ3n) is 7.19. The molecule has 0 aliphatic carbocycles. The van der Waals surface area contributed by atoms with Crippen molar-refractivity contribution in [3.63, 3.8) is 0 Å². The molecule has 2 amide bonds. The van der Waals surface area contributed by atoms with Crippen LogP contribution in [-0.2, 0) is 4.74 Å². The molecule has 5 heterocycles. The topological polar surface area (TPSA) is 75.0 Å². The molecule has 1 spiro atoms. The first-order valence-corrected chi connectivity index (χ1v) is 11.6. The normalized spacial score (nSPS) is 22.7. The van der Waals surface area contributed by atoms with Gasteiger partial charge < -0.3 is 19.9 Å². The number of imidazole rings is 1. The molecule has 1 atom stereocenters. The lowest BCUT2D eigenvalue weighted by Gasteiger charge is -2.22. The maximum absolute atomic E-state index is 14.7. The number of anilines is 2. The Morgan fingerprint density at radius 3 is 2.85 bits per heavy atom. The maximum Gasteiger partial charge on any atom is 0.321 e. The molecule has 0 radical (unpaired) electrons. The highest BCUT2D eigenvalue weighted by molar-refractivity contribution is 5.90. The van der Waals surface area contributed by atoms with Crippen molar-refractivity contribution in [3.05, 3.63) is 42.5 Å². The number of carbonyl (C=O) groups excluding carboxylic acids is 1. The first-order valence-electron chi connectivity index (χ1n) is 11.6. The summed E-state index contributed by atoms with van der Waals surface area (Å²) in [5.74, 6) is 1.14. The molecule has 1 unspecified atom stereocenters. The number of nitrogens with zero attached hydrogens (tertiary/aromatic N) is 5. The van der Waals surface area contributed by atoms with Crippen LogP contribution in [0.1, 0.15) is 25.7 Å². The summed E-state index contributed by atoms with van der Waals surface area (Å²) in [6, 6.07) is 6.23. The van der Waals surface area contributed by atoms with Gasteiger partial charge in [-0.3, -0.25) is 4.40 Å². The Balaban J connectivity index is 1.25. The number of halogens is 1. The molecule has 3 fully saturated rings. The largest absolute Gasteiger partial charge is 0.381 e. The molecule has 33 heavy (non-hydrogen) atoms. The van der Waals surface area contributed by atoms with E-state index < -0.39 is 0 Å². The minimum absolute atomic E-state index is 0.151. The number of carbonyl (C=O) groups is 1. The number of hydrogen-bond acceptors (Lipinski definition) is 5. The molecule has 1 N–H and O–H groups in total. The lowest BCUT2D eigenvalue weighted by molar-refractivity contribution is 0.160. The molecule has 0 saturated carbocycles. The molecular weight excluding hydrogens is 423 g/mol. The van der Waals surface area contributed by atoms with E-state index in [1.807, 2.05) is 16.8 Å². The number of amides is 2. The molecule has 1 aromatic carbocycles. The number of hydrogen-bond donors (Lipinski definition) is 1. The van der Waals surface area contributed by atoms with Crippen LogP contribution in [0.2, 0.25) is 0 Å². The Morgan fingerprint density at radius 1 is 1.15 bits per heavy atom. The minimum atomic E-state index is -0.388. The average molecular weight is 451 g/mol. The summed E-state index contributed by atoms with van der Waals surface area (Å²) in [6.45, 7) is 5.10. The number of ether oxygens (including phenoxy) is 1. The second-order valence-electron chi connectivity index (χ2n) is 9.39. The maximum atomic E-state index is 14.7. The zero-order valence-electron chi connectivity index (χ0n) is 18.5. The fourth-order valence-electron chi connectivity index (χ4n) is 5.27. The Hall–Kier alpha value is -3.20. The lowest BCUT2D eigenvalue weighted by atomic mass is 9.87. The summed E-state index contributed by atoms with van der Waals surface area (Å²) in [5, 5.41) is 2.88. The smallest absolute Gasteiger partial charge is 0.321 e. The number of fused-ring (bicyclic) bond motifs is 1. The molecule has 3 aliphatic heterocycles. The highest BCUT2D eigenvalue weighted by Gasteiger charge is 2.42. The van der Waals surface area contributed by atoms with Crippen molar-refractivity contribution in [2.45, 2.75) is 25.7 Å². The Kier molecular flexibility index (Phi) is 4.94. The lowest BCUT2D eigenvalue weighted by Crippen LogP contribution is -2.32. The minimum Gasteiger partial charge on any atom is -0.381 e. The van der Waals surface area contributed by atoms with Crippen LogP contribution in [0.5, 0.6) is 0 Å². The monoisotopic (exact) mass is 450 g/mol. The molecule has 3 saturated heterocycles. The number of likely N-dealkylation sites (tertiary alicyclic amines) is 1. The third-order valence-corrected chi connectivity index (χ3v) is 7.19. The summed E-state index contributed by atoms with van der Waals surface area (Å²) in [6.07, 6.45) is 7.99. The van der Waals surface area contributed by atoms with E-state index in [-0.39, 0.29) is 17.3 Å². The van der Waals surface area contributed by atoms with Gasteiger partial charge in [-0.2, -0.15) is 0 Å². The van der Waals surface area contributed by atoms with E-state index in [4.69, 9.17) is 4.74 Å². The van der Waals surface area contributed by atoms with Gasteiger partial charge in [0.25, 0.3) is 0 Å². The number of benzene rings is 1. The van der Waals surface area contributed by atoms with E-state index in [1.165, 1.54) is 6.07 Å². The van der Waals surface area contributed by atoms with Gasteiger partial charge in [-0.25, -0.2) is 19.2 Å². The second-order valence-corrected chi connectivity index (χ2v) is 9.39. The first-order chi connectivity index (χ1) is 16.1. The van der Waals surface area contributed by atoms with Crippen LogP contribution in [-0.4, -0.2) is 64.7 Å². The molecule has 172 valence electrons. The van der Waals surface area contributed by atoms with Gasteiger partial charge in [0.2, 0.25) is 5.78 Å². The molecule has 6 rings (SSSR count). The van der Waals surface area contributed by atoms with Crippen LogP contribution in [0, 0.1) is 11.2 Å². The van der Waals surface area contributed by atoms with E-state index in [0.717, 1.165) is 70.9 Å². The van der Waals surface area contributed by atoms with Gasteiger partial charge in [-0.15, -0.1) is 0 Å². The molecule has 9 heteroatoms. The molecule has 3 aromatic rings. The summed E-state index contributed by atoms with van der Waals surface area (Å²) < 4.78 is 22.3. The van der Waals surface area contributed by atoms with Gasteiger partial charge in [0.1, 0.15) is 11.6 Å². The van der Waals surface area contributed by atoms with Gasteiger partial charge in [-0.1, -0.05) is 0 Å². The fourth-order valence-corrected chi connectivity index (χ4v) is 5.27. The number of nitrogens with one attached hydrogen (secondary N) is 1. The van der Waals surface area contributed by atoms with Gasteiger partial charge in [0, 0.05) is 55.6 Å². The van der Waals surface area contributed by atoms with E-state index in [2.05, 4.69) is 20.2 Å². The highest BCUT2D eigenvalue weighted by atomic mass is 19.1. The van der Waals surface area contributed by atoms with Gasteiger partial charge >= 0.3 is 6.03 Å². The molecule has 0 bridgehead atoms. The summed E-state index contributed by atoms with van der Waals surface area (Å²) in [4.78, 5) is 25.7. The summed E-state index contributed by atoms with van der Waals surface area (Å²) in [7, 11) is 0. The van der Waals surface area contributed by atoms with Crippen molar-refractivity contribution >= 4 is 23.3 Å². The standard InChI is InChI=1S/C24H27FN6O2/c25-19-4-3-17(27-23(32)29-8-1-2-9-29)13-18(19)20-5-10-31-21(14-26-22(31)28-20)30-11-6-24(15-30)7-12-33-16-24/h3-5,10,13-14H,1-2,6-9,11-12,15-16H2,(H,27,32). The van der Waals surface area contributed by atoms with Gasteiger partial charge in [-0.05, 0) is 49.9 Å². The predicted octanol–water partition coefficient (Wildman–Crippen LogP) is 3.78. The van der Waals surface area contributed by atoms with Crippen LogP contribution < -0.4 is 10.2 Å². The van der Waals surface area contributed by atoms with Gasteiger partial charge in [0.15, 0.2) is 0 Å². The zero-order chi connectivity index (χ0) is 22.4. The summed E-state index contributed by atoms with van der Waals surface area (Å²) in [5.41, 5.74) is 1.62. The SMILES string of the molecule is O=C(Nc1ccc(F)c(-c2ccn3c(N4CCC5(CCOC5)C4)cnc3n2)c1)N1CCCC1. The molecule has 8 nitrogen and oxygen atoms in total. The van der Waals surface area contributed by atoms with Crippen molar-refractivity contribution in [1.82, 2.24) is 19.3 Å². The second kappa shape index (κ2) is 7.98. The van der Waals surface area contributed by atoms with Crippen molar-refractivity contribution < 1.29 is 13.9 Å². The fraction of sp³-hybridized carbons (Fsp3) is 0.458. The average Bonchev–Trinajstić information content (AvgIpc) is 3.63. The van der Waals surface area contributed by atoms with Crippen LogP contribution in [0.3, 0.4) is 0 Å². The molecule has 2 aromatic heterocycles. The molecular formula is C24H27FN6O2. The van der Waals surface area contributed by atoms with E-state index in [0.29, 0.717) is 22.7 Å². The van der Waals surface area contributed by atoms with Crippen molar-refractivity contribution in [3.8, 4) is 11.3 Å². The quantitative estimate of drug-likeness (QED) is 0.657. The number of rotatable bonds is 3. The number of urea groups is 1. The van der Waals surface area contributed by atoms with Crippen molar-refractivity contribution in [2.75, 3.05) is 49.6 Å². The van der Waals surface area contributed by atoms with Crippen molar-refractivity contribution in [2.24, 2.45) is 5.41 Å².